The highest BCUT2D eigenvalue weighted by Gasteiger charge is 2.25. The number of imide groups is 1. The van der Waals surface area contributed by atoms with Crippen molar-refractivity contribution in [2.24, 2.45) is 5.10 Å². The van der Waals surface area contributed by atoms with Crippen molar-refractivity contribution in [2.75, 3.05) is 0 Å². The van der Waals surface area contributed by atoms with Crippen LogP contribution in [0.2, 0.25) is 0 Å². The largest absolute Gasteiger partial charge is 0.296 e. The fourth-order valence-electron chi connectivity index (χ4n) is 2.46. The van der Waals surface area contributed by atoms with Crippen LogP contribution in [0.25, 0.3) is 0 Å². The van der Waals surface area contributed by atoms with Crippen molar-refractivity contribution in [3.05, 3.63) is 108 Å². The fraction of sp³-hybridized carbons (Fsp3) is 0. The van der Waals surface area contributed by atoms with Crippen molar-refractivity contribution in [3.8, 4) is 0 Å². The molecule has 0 aliphatic rings. The minimum Gasteiger partial charge on any atom is -0.296 e. The highest BCUT2D eigenvalue weighted by atomic mass is 16.2. The molecule has 0 aliphatic heterocycles. The number of aldehydes is 1. The predicted molar refractivity (Wildman–Crippen MR) is 102 cm³/mol. The summed E-state index contributed by atoms with van der Waals surface area (Å²) in [7, 11) is 0. The number of carbonyl (C=O) groups is 3. The van der Waals surface area contributed by atoms with Crippen LogP contribution < -0.4 is 0 Å². The van der Waals surface area contributed by atoms with Gasteiger partial charge in [0, 0.05) is 16.7 Å². The van der Waals surface area contributed by atoms with Gasteiger partial charge in [0.15, 0.2) is 6.29 Å². The molecular formula is C22H16N2O3. The van der Waals surface area contributed by atoms with Gasteiger partial charge in [0.05, 0.1) is 0 Å². The fourth-order valence-corrected chi connectivity index (χ4v) is 2.46. The third-order valence-electron chi connectivity index (χ3n) is 3.82. The Balaban J connectivity index is 2.07. The molecule has 3 aromatic rings. The molecule has 5 heteroatoms. The molecule has 0 bridgehead atoms. The van der Waals surface area contributed by atoms with E-state index in [0.29, 0.717) is 23.0 Å². The van der Waals surface area contributed by atoms with Gasteiger partial charge in [0.2, 0.25) is 0 Å². The van der Waals surface area contributed by atoms with Crippen molar-refractivity contribution in [1.29, 1.82) is 0 Å². The zero-order valence-corrected chi connectivity index (χ0v) is 14.4. The van der Waals surface area contributed by atoms with E-state index in [4.69, 9.17) is 0 Å². The zero-order chi connectivity index (χ0) is 19.1. The van der Waals surface area contributed by atoms with E-state index < -0.39 is 11.8 Å². The summed E-state index contributed by atoms with van der Waals surface area (Å²) in [4.78, 5) is 37.4. The molecule has 27 heavy (non-hydrogen) atoms. The van der Waals surface area contributed by atoms with E-state index in [1.165, 1.54) is 0 Å². The minimum atomic E-state index is -0.611. The van der Waals surface area contributed by atoms with Gasteiger partial charge in [-0.15, -0.1) is 0 Å². The average Bonchev–Trinajstić information content (AvgIpc) is 2.75. The van der Waals surface area contributed by atoms with Crippen LogP contribution in [0.5, 0.6) is 0 Å². The molecule has 0 aromatic heterocycles. The van der Waals surface area contributed by atoms with Gasteiger partial charge in [0.25, 0.3) is 11.8 Å². The van der Waals surface area contributed by atoms with E-state index >= 15 is 0 Å². The van der Waals surface area contributed by atoms with E-state index in [9.17, 15) is 14.4 Å². The molecule has 0 spiro atoms. The van der Waals surface area contributed by atoms with Gasteiger partial charge in [-0.05, 0) is 24.3 Å². The molecule has 3 rings (SSSR count). The Morgan fingerprint density at radius 2 is 1.00 bits per heavy atom. The third kappa shape index (κ3) is 4.22. The molecule has 0 atom stereocenters. The lowest BCUT2D eigenvalue weighted by Gasteiger charge is -2.16. The standard InChI is InChI=1S/C22H16N2O3/c25-16-20(17-10-4-1-5-11-17)23-24(21(26)18-12-6-2-7-13-18)22(27)19-14-8-3-9-15-19/h1-16H. The first-order valence-electron chi connectivity index (χ1n) is 8.29. The summed E-state index contributed by atoms with van der Waals surface area (Å²) in [5.41, 5.74) is 1.09. The first-order chi connectivity index (χ1) is 13.2. The zero-order valence-electron chi connectivity index (χ0n) is 14.4. The molecule has 132 valence electrons. The Morgan fingerprint density at radius 1 is 0.630 bits per heavy atom. The summed E-state index contributed by atoms with van der Waals surface area (Å²) in [6, 6.07) is 25.3. The first kappa shape index (κ1) is 17.9. The minimum absolute atomic E-state index is 0.0100. The maximum Gasteiger partial charge on any atom is 0.281 e. The number of amides is 2. The second-order valence-electron chi connectivity index (χ2n) is 5.62. The predicted octanol–water partition coefficient (Wildman–Crippen LogP) is 3.57. The van der Waals surface area contributed by atoms with E-state index in [0.717, 1.165) is 5.01 Å². The molecule has 2 amide bonds. The molecule has 0 saturated carbocycles. The normalized spacial score (nSPS) is 10.9. The summed E-state index contributed by atoms with van der Waals surface area (Å²) in [5, 5.41) is 4.84. The summed E-state index contributed by atoms with van der Waals surface area (Å²) in [6.07, 6.45) is 0.527. The highest BCUT2D eigenvalue weighted by molar-refractivity contribution is 6.36. The van der Waals surface area contributed by atoms with E-state index in [1.807, 2.05) is 0 Å². The van der Waals surface area contributed by atoms with Gasteiger partial charge in [-0.3, -0.25) is 14.4 Å². The monoisotopic (exact) mass is 356 g/mol. The van der Waals surface area contributed by atoms with Crippen LogP contribution in [0.15, 0.2) is 96.1 Å². The van der Waals surface area contributed by atoms with Crippen molar-refractivity contribution in [3.63, 3.8) is 0 Å². The van der Waals surface area contributed by atoms with E-state index in [2.05, 4.69) is 5.10 Å². The lowest BCUT2D eigenvalue weighted by molar-refractivity contribution is -0.102. The number of rotatable bonds is 5. The molecule has 0 heterocycles. The smallest absolute Gasteiger partial charge is 0.281 e. The number of benzene rings is 3. The van der Waals surface area contributed by atoms with E-state index in [-0.39, 0.29) is 5.71 Å². The average molecular weight is 356 g/mol. The first-order valence-corrected chi connectivity index (χ1v) is 8.29. The summed E-state index contributed by atoms with van der Waals surface area (Å²) in [5.74, 6) is -1.22. The maximum atomic E-state index is 12.9. The molecule has 0 fully saturated rings. The van der Waals surface area contributed by atoms with Gasteiger partial charge >= 0.3 is 0 Å². The van der Waals surface area contributed by atoms with Gasteiger partial charge in [0.1, 0.15) is 5.71 Å². The van der Waals surface area contributed by atoms with Crippen molar-refractivity contribution in [2.45, 2.75) is 0 Å². The summed E-state index contributed by atoms with van der Waals surface area (Å²) < 4.78 is 0. The Labute approximate surface area is 156 Å². The molecule has 0 saturated heterocycles. The van der Waals surface area contributed by atoms with Gasteiger partial charge < -0.3 is 0 Å². The van der Waals surface area contributed by atoms with Crippen LogP contribution >= 0.6 is 0 Å². The third-order valence-corrected chi connectivity index (χ3v) is 3.82. The molecule has 5 nitrogen and oxygen atoms in total. The number of hydrogen-bond donors (Lipinski definition) is 0. The Bertz CT molecular complexity index is 917. The summed E-state index contributed by atoms with van der Waals surface area (Å²) >= 11 is 0. The maximum absolute atomic E-state index is 12.9. The van der Waals surface area contributed by atoms with Crippen molar-refractivity contribution >= 4 is 23.8 Å². The number of carbonyl (C=O) groups excluding carboxylic acids is 3. The number of nitrogens with zero attached hydrogens (tertiary/aromatic N) is 2. The van der Waals surface area contributed by atoms with Crippen LogP contribution in [0, 0.1) is 0 Å². The summed E-state index contributed by atoms with van der Waals surface area (Å²) in [6.45, 7) is 0. The van der Waals surface area contributed by atoms with Gasteiger partial charge in [-0.25, -0.2) is 0 Å². The highest BCUT2D eigenvalue weighted by Crippen LogP contribution is 2.12. The molecule has 0 N–H and O–H groups in total. The Hall–Kier alpha value is -3.86. The SMILES string of the molecule is O=CC(=NN(C(=O)c1ccccc1)C(=O)c1ccccc1)c1ccccc1. The second kappa shape index (κ2) is 8.49. The Morgan fingerprint density at radius 3 is 1.37 bits per heavy atom. The lowest BCUT2D eigenvalue weighted by Crippen LogP contribution is -2.34. The lowest BCUT2D eigenvalue weighted by atomic mass is 10.1. The second-order valence-corrected chi connectivity index (χ2v) is 5.62. The van der Waals surface area contributed by atoms with Crippen molar-refractivity contribution < 1.29 is 14.4 Å². The van der Waals surface area contributed by atoms with Gasteiger partial charge in [-0.1, -0.05) is 66.7 Å². The Kier molecular flexibility index (Phi) is 5.64. The quantitative estimate of drug-likeness (QED) is 0.304. The molecule has 0 unspecified atom stereocenters. The number of hydrogen-bond acceptors (Lipinski definition) is 4. The number of hydrazone groups is 1. The van der Waals surface area contributed by atoms with Crippen LogP contribution in [-0.2, 0) is 4.79 Å². The molecular weight excluding hydrogens is 340 g/mol. The van der Waals surface area contributed by atoms with Crippen molar-refractivity contribution in [1.82, 2.24) is 5.01 Å². The van der Waals surface area contributed by atoms with E-state index in [1.54, 1.807) is 91.0 Å². The van der Waals surface area contributed by atoms with Crippen LogP contribution in [0.1, 0.15) is 26.3 Å². The van der Waals surface area contributed by atoms with Crippen LogP contribution in [0.3, 0.4) is 0 Å². The molecule has 0 aliphatic carbocycles. The van der Waals surface area contributed by atoms with Crippen LogP contribution in [0.4, 0.5) is 0 Å². The molecule has 3 aromatic carbocycles. The van der Waals surface area contributed by atoms with Crippen LogP contribution in [-0.4, -0.2) is 28.8 Å². The molecule has 0 radical (unpaired) electrons. The topological polar surface area (TPSA) is 66.8 Å². The van der Waals surface area contributed by atoms with Gasteiger partial charge in [-0.2, -0.15) is 10.1 Å².